The minimum atomic E-state index is -0.588. The van der Waals surface area contributed by atoms with Crippen molar-refractivity contribution < 1.29 is 43.1 Å². The Kier molecular flexibility index (Phi) is 10.6. The zero-order chi connectivity index (χ0) is 27.2. The molecule has 4 aliphatic carbocycles. The number of aliphatic hydroxyl groups is 1. The number of hydrogen-bond donors (Lipinski definition) is 1. The van der Waals surface area contributed by atoms with Gasteiger partial charge in [-0.3, -0.25) is 4.48 Å². The van der Waals surface area contributed by atoms with Gasteiger partial charge in [0.2, 0.25) is 0 Å². The van der Waals surface area contributed by atoms with Crippen LogP contribution < -0.4 is 24.0 Å². The van der Waals surface area contributed by atoms with Gasteiger partial charge in [0.15, 0.2) is 12.8 Å². The molecule has 0 heterocycles. The van der Waals surface area contributed by atoms with Crippen molar-refractivity contribution in [3.8, 4) is 0 Å². The number of rotatable bonds is 9. The highest BCUT2D eigenvalue weighted by atomic mass is 127. The van der Waals surface area contributed by atoms with Crippen LogP contribution in [0.4, 0.5) is 0 Å². The number of hydrogen-bond acceptors (Lipinski definition) is 3. The van der Waals surface area contributed by atoms with Crippen LogP contribution in [0.3, 0.4) is 0 Å². The van der Waals surface area contributed by atoms with Crippen LogP contribution >= 0.6 is 0 Å². The fourth-order valence-electron chi connectivity index (χ4n) is 9.44. The number of halogens is 1. The van der Waals surface area contributed by atoms with Gasteiger partial charge in [-0.25, -0.2) is 4.79 Å². The van der Waals surface area contributed by atoms with Crippen molar-refractivity contribution in [3.63, 3.8) is 0 Å². The Morgan fingerprint density at radius 2 is 1.76 bits per heavy atom. The molecule has 4 aliphatic rings. The van der Waals surface area contributed by atoms with Crippen molar-refractivity contribution in [3.05, 3.63) is 11.6 Å². The predicted octanol–water partition coefficient (Wildman–Crippen LogP) is 4.36. The maximum atomic E-state index is 12.7. The van der Waals surface area contributed by atoms with Gasteiger partial charge in [-0.2, -0.15) is 0 Å². The Balaban J connectivity index is 0.00000400. The minimum Gasteiger partial charge on any atom is -1.00 e. The van der Waals surface area contributed by atoms with Crippen molar-refractivity contribution in [2.45, 2.75) is 125 Å². The number of carbonyl (C=O) groups excluding carboxylic acids is 1. The van der Waals surface area contributed by atoms with E-state index in [1.165, 1.54) is 51.4 Å². The molecule has 0 saturated heterocycles. The van der Waals surface area contributed by atoms with Gasteiger partial charge in [-0.1, -0.05) is 65.5 Å². The number of ether oxygens (including phenoxy) is 1. The van der Waals surface area contributed by atoms with Gasteiger partial charge in [-0.05, 0) is 91.3 Å². The van der Waals surface area contributed by atoms with E-state index in [1.54, 1.807) is 12.5 Å². The van der Waals surface area contributed by atoms with E-state index in [4.69, 9.17) is 4.74 Å². The number of carbonyl (C=O) groups is 1. The maximum absolute atomic E-state index is 12.7. The second-order valence-electron chi connectivity index (χ2n) is 15.2. The molecule has 0 amide bonds. The van der Waals surface area contributed by atoms with E-state index >= 15 is 0 Å². The number of quaternary nitrogens is 1. The number of aliphatic hydroxyl groups excluding tert-OH is 1. The molecular formula is C33H58INO3. The third-order valence-corrected chi connectivity index (χ3v) is 12.1. The highest BCUT2D eigenvalue weighted by molar-refractivity contribution is 5.70. The lowest BCUT2D eigenvalue weighted by atomic mass is 9.47. The normalized spacial score (nSPS) is 38.3. The van der Waals surface area contributed by atoms with Gasteiger partial charge in [0.25, 0.3) is 0 Å². The molecular weight excluding hydrogens is 585 g/mol. The van der Waals surface area contributed by atoms with E-state index in [9.17, 15) is 9.90 Å². The fraction of sp³-hybridized carbons (Fsp3) is 0.909. The minimum absolute atomic E-state index is 0. The van der Waals surface area contributed by atoms with Crippen LogP contribution in [0.15, 0.2) is 11.6 Å². The van der Waals surface area contributed by atoms with Crippen LogP contribution in [0.1, 0.15) is 112 Å². The lowest BCUT2D eigenvalue weighted by molar-refractivity contribution is -0.927. The molecule has 0 aromatic carbocycles. The lowest BCUT2D eigenvalue weighted by Crippen LogP contribution is -3.00. The molecule has 3 fully saturated rings. The van der Waals surface area contributed by atoms with Crippen LogP contribution in [0.5, 0.6) is 0 Å². The Labute approximate surface area is 251 Å². The first kappa shape index (κ1) is 32.4. The Morgan fingerprint density at radius 1 is 1.05 bits per heavy atom. The quantitative estimate of drug-likeness (QED) is 0.134. The summed E-state index contributed by atoms with van der Waals surface area (Å²) < 4.78 is 6.22. The van der Waals surface area contributed by atoms with Crippen LogP contribution in [0, 0.1) is 46.3 Å². The van der Waals surface area contributed by atoms with E-state index in [-0.39, 0.29) is 52.5 Å². The molecule has 1 N–H and O–H groups in total. The molecule has 0 radical (unpaired) electrons. The molecule has 0 aromatic rings. The van der Waals surface area contributed by atoms with Gasteiger partial charge in [0, 0.05) is 13.3 Å². The van der Waals surface area contributed by atoms with Crippen molar-refractivity contribution >= 4 is 5.97 Å². The predicted molar refractivity (Wildman–Crippen MR) is 152 cm³/mol. The first-order chi connectivity index (χ1) is 17.3. The molecule has 0 aromatic heterocycles. The monoisotopic (exact) mass is 643 g/mol. The second kappa shape index (κ2) is 12.4. The molecule has 0 bridgehead atoms. The summed E-state index contributed by atoms with van der Waals surface area (Å²) in [4.78, 5) is 12.7. The maximum Gasteiger partial charge on any atom is 0.362 e. The summed E-state index contributed by atoms with van der Waals surface area (Å²) >= 11 is 0. The Hall–Kier alpha value is -0.140. The summed E-state index contributed by atoms with van der Waals surface area (Å²) in [6, 6.07) is 0. The molecule has 4 rings (SSSR count). The Morgan fingerprint density at radius 3 is 2.42 bits per heavy atom. The number of likely N-dealkylation sites (N-methyl/N-ethyl adjacent to an activating group) is 1. The van der Waals surface area contributed by atoms with Crippen molar-refractivity contribution in [1.29, 1.82) is 0 Å². The summed E-state index contributed by atoms with van der Waals surface area (Å²) in [5.41, 5.74) is 2.38. The molecule has 5 heteroatoms. The van der Waals surface area contributed by atoms with Crippen LogP contribution in [0.25, 0.3) is 0 Å². The summed E-state index contributed by atoms with van der Waals surface area (Å²) in [5, 5.41) is 9.98. The van der Waals surface area contributed by atoms with E-state index < -0.39 is 6.23 Å². The number of fused-ring (bicyclic) bond motifs is 5. The molecule has 1 unspecified atom stereocenters. The summed E-state index contributed by atoms with van der Waals surface area (Å²) in [6.07, 6.45) is 16.1. The van der Waals surface area contributed by atoms with E-state index in [1.807, 2.05) is 14.1 Å². The van der Waals surface area contributed by atoms with Crippen molar-refractivity contribution in [2.75, 3.05) is 20.6 Å². The third-order valence-electron chi connectivity index (χ3n) is 12.1. The molecule has 0 aliphatic heterocycles. The van der Waals surface area contributed by atoms with Gasteiger partial charge >= 0.3 is 5.97 Å². The van der Waals surface area contributed by atoms with Gasteiger partial charge in [0.05, 0.1) is 14.1 Å². The van der Waals surface area contributed by atoms with Gasteiger partial charge in [-0.15, -0.1) is 0 Å². The fourth-order valence-corrected chi connectivity index (χ4v) is 9.44. The molecule has 3 saturated carbocycles. The zero-order valence-corrected chi connectivity index (χ0v) is 27.9. The summed E-state index contributed by atoms with van der Waals surface area (Å²) in [7, 11) is 3.76. The largest absolute Gasteiger partial charge is 1.00 e. The average Bonchev–Trinajstić information content (AvgIpc) is 3.16. The molecule has 4 nitrogen and oxygen atoms in total. The molecule has 38 heavy (non-hydrogen) atoms. The van der Waals surface area contributed by atoms with Gasteiger partial charge < -0.3 is 33.8 Å². The average molecular weight is 644 g/mol. The highest BCUT2D eigenvalue weighted by Gasteiger charge is 2.59. The van der Waals surface area contributed by atoms with Crippen LogP contribution in [0.2, 0.25) is 0 Å². The zero-order valence-electron chi connectivity index (χ0n) is 25.8. The topological polar surface area (TPSA) is 46.5 Å². The smallest absolute Gasteiger partial charge is 0.362 e. The molecule has 9 atom stereocenters. The van der Waals surface area contributed by atoms with Crippen molar-refractivity contribution in [1.82, 2.24) is 0 Å². The highest BCUT2D eigenvalue weighted by Crippen LogP contribution is 2.67. The Bertz CT molecular complexity index is 853. The number of esters is 1. The van der Waals surface area contributed by atoms with Crippen LogP contribution in [-0.4, -0.2) is 48.5 Å². The first-order valence-electron chi connectivity index (χ1n) is 15.7. The van der Waals surface area contributed by atoms with E-state index in [0.717, 1.165) is 54.8 Å². The lowest BCUT2D eigenvalue weighted by Gasteiger charge is -2.58. The van der Waals surface area contributed by atoms with E-state index in [2.05, 4.69) is 40.7 Å². The summed E-state index contributed by atoms with van der Waals surface area (Å²) in [6.45, 7) is 14.5. The van der Waals surface area contributed by atoms with E-state index in [0.29, 0.717) is 5.41 Å². The second-order valence-corrected chi connectivity index (χ2v) is 15.2. The standard InChI is InChI=1S/C33H58NO3.HI/c1-22(2)10-9-11-23(3)28-14-15-29-27-13-12-25-20-26(37-31(36)21-34(7,8)24(4)35)16-18-32(25,5)30(27)17-19-33(28,29)6;/h12,22-24,26-30,35H,9-11,13-21H2,1-8H3;1H/q+1;/p-1/t23-,24?,26+,27+,28-,29+,30+,32+,33-;/m1./s1. The summed E-state index contributed by atoms with van der Waals surface area (Å²) in [5.74, 6) is 4.93. The SMILES string of the molecule is CC(C)CCC[C@@H](C)[C@H]1CC[C@H]2[C@@H]3CC=C4C[C@@H](OC(=O)C[N+](C)(C)C(C)O)CC[C@]4(C)[C@H]3CC[C@]12C.[I-]. The van der Waals surface area contributed by atoms with Gasteiger partial charge in [0.1, 0.15) is 6.10 Å². The first-order valence-corrected chi connectivity index (χ1v) is 15.7. The van der Waals surface area contributed by atoms with Crippen molar-refractivity contribution in [2.24, 2.45) is 46.3 Å². The third kappa shape index (κ3) is 6.35. The van der Waals surface area contributed by atoms with Crippen LogP contribution in [-0.2, 0) is 9.53 Å². The number of allylic oxidation sites excluding steroid dienone is 1. The molecule has 0 spiro atoms. The number of nitrogens with zero attached hydrogens (tertiary/aromatic N) is 1. The molecule has 220 valence electrons.